The molecular formula is C19H26N4O3. The number of amides is 1. The molecule has 1 saturated carbocycles. The number of aromatic nitrogens is 3. The number of aliphatic hydroxyl groups is 1. The van der Waals surface area contributed by atoms with Crippen molar-refractivity contribution in [3.63, 3.8) is 0 Å². The first-order valence-corrected chi connectivity index (χ1v) is 9.06. The Kier molecular flexibility index (Phi) is 5.27. The molecule has 0 aliphatic heterocycles. The molecule has 1 aromatic carbocycles. The normalized spacial score (nSPS) is 22.5. The van der Waals surface area contributed by atoms with Gasteiger partial charge in [-0.05, 0) is 30.9 Å². The Balaban J connectivity index is 1.65. The fourth-order valence-electron chi connectivity index (χ4n) is 3.84. The van der Waals surface area contributed by atoms with Crippen LogP contribution in [-0.2, 0) is 20.5 Å². The first-order chi connectivity index (χ1) is 12.4. The van der Waals surface area contributed by atoms with E-state index in [2.05, 4.69) is 10.4 Å². The van der Waals surface area contributed by atoms with Crippen LogP contribution < -0.4 is 11.0 Å². The van der Waals surface area contributed by atoms with Gasteiger partial charge >= 0.3 is 5.69 Å². The van der Waals surface area contributed by atoms with E-state index in [-0.39, 0.29) is 23.4 Å². The van der Waals surface area contributed by atoms with E-state index in [1.54, 1.807) is 14.1 Å². The molecule has 2 aromatic rings. The van der Waals surface area contributed by atoms with Gasteiger partial charge < -0.3 is 10.4 Å². The minimum atomic E-state index is -0.515. The molecule has 3 rings (SSSR count). The van der Waals surface area contributed by atoms with Gasteiger partial charge in [-0.2, -0.15) is 5.10 Å². The van der Waals surface area contributed by atoms with Crippen LogP contribution >= 0.6 is 0 Å². The molecule has 7 nitrogen and oxygen atoms in total. The summed E-state index contributed by atoms with van der Waals surface area (Å²) in [6, 6.07) is 7.57. The summed E-state index contributed by atoms with van der Waals surface area (Å²) in [5.74, 6) is 0.564. The molecule has 26 heavy (non-hydrogen) atoms. The molecule has 2 N–H and O–H groups in total. The number of aryl methyl sites for hydroxylation is 2. The molecule has 0 unspecified atom stereocenters. The molecule has 1 fully saturated rings. The van der Waals surface area contributed by atoms with Crippen molar-refractivity contribution in [2.24, 2.45) is 20.0 Å². The zero-order chi connectivity index (χ0) is 18.8. The molecule has 1 heterocycles. The molecule has 0 saturated heterocycles. The Morgan fingerprint density at radius 3 is 2.69 bits per heavy atom. The van der Waals surface area contributed by atoms with Crippen molar-refractivity contribution >= 4 is 5.91 Å². The predicted octanol–water partition coefficient (Wildman–Crippen LogP) is 0.966. The van der Waals surface area contributed by atoms with Crippen LogP contribution in [0.3, 0.4) is 0 Å². The third-order valence-corrected chi connectivity index (χ3v) is 5.35. The third-order valence-electron chi connectivity index (χ3n) is 5.35. The molecular weight excluding hydrogens is 332 g/mol. The summed E-state index contributed by atoms with van der Waals surface area (Å²) < 4.78 is 2.86. The molecule has 1 aliphatic carbocycles. The second kappa shape index (κ2) is 7.45. The average molecular weight is 358 g/mol. The topological polar surface area (TPSA) is 89.2 Å². The van der Waals surface area contributed by atoms with Crippen molar-refractivity contribution in [3.8, 4) is 0 Å². The van der Waals surface area contributed by atoms with Crippen LogP contribution in [0, 0.1) is 5.92 Å². The molecule has 140 valence electrons. The summed E-state index contributed by atoms with van der Waals surface area (Å²) in [7, 11) is 3.33. The first kappa shape index (κ1) is 18.4. The van der Waals surface area contributed by atoms with E-state index >= 15 is 0 Å². The molecule has 3 atom stereocenters. The standard InChI is InChI=1S/C19H26N4O3/c1-4-12-7-5-6-8-15(12)18(25)20-11-14-9-13(10-16(14)24)17-21-23(3)19(26)22(17)2/h5-8,13-14,16,24H,4,9-11H2,1-3H3,(H,20,25)/t13-,14+,16+/m0/s1. The Morgan fingerprint density at radius 1 is 1.31 bits per heavy atom. The summed E-state index contributed by atoms with van der Waals surface area (Å²) in [5, 5.41) is 17.6. The van der Waals surface area contributed by atoms with Crippen molar-refractivity contribution in [1.82, 2.24) is 19.7 Å². The number of benzene rings is 1. The number of hydrogen-bond acceptors (Lipinski definition) is 4. The van der Waals surface area contributed by atoms with Crippen LogP contribution in [0.1, 0.15) is 47.4 Å². The van der Waals surface area contributed by atoms with E-state index in [1.165, 1.54) is 9.25 Å². The Hall–Kier alpha value is -2.41. The highest BCUT2D eigenvalue weighted by Crippen LogP contribution is 2.37. The smallest absolute Gasteiger partial charge is 0.345 e. The van der Waals surface area contributed by atoms with E-state index < -0.39 is 6.10 Å². The molecule has 1 amide bonds. The van der Waals surface area contributed by atoms with Crippen molar-refractivity contribution in [1.29, 1.82) is 0 Å². The maximum absolute atomic E-state index is 12.5. The van der Waals surface area contributed by atoms with E-state index in [0.717, 1.165) is 12.0 Å². The fraction of sp³-hybridized carbons (Fsp3) is 0.526. The maximum atomic E-state index is 12.5. The molecule has 0 radical (unpaired) electrons. The van der Waals surface area contributed by atoms with Gasteiger partial charge in [-0.1, -0.05) is 25.1 Å². The SMILES string of the molecule is CCc1ccccc1C(=O)NC[C@H]1C[C@H](c2nn(C)c(=O)n2C)C[C@H]1O. The number of nitrogens with zero attached hydrogens (tertiary/aromatic N) is 3. The van der Waals surface area contributed by atoms with Gasteiger partial charge in [0.1, 0.15) is 5.82 Å². The van der Waals surface area contributed by atoms with Gasteiger partial charge in [0.05, 0.1) is 6.10 Å². The van der Waals surface area contributed by atoms with Gasteiger partial charge in [-0.3, -0.25) is 9.36 Å². The highest BCUT2D eigenvalue weighted by Gasteiger charge is 2.36. The highest BCUT2D eigenvalue weighted by molar-refractivity contribution is 5.95. The van der Waals surface area contributed by atoms with E-state index in [4.69, 9.17) is 0 Å². The fourth-order valence-corrected chi connectivity index (χ4v) is 3.84. The van der Waals surface area contributed by atoms with Crippen molar-refractivity contribution in [3.05, 3.63) is 51.7 Å². The summed E-state index contributed by atoms with van der Waals surface area (Å²) in [6.07, 6.45) is 1.53. The Bertz CT molecular complexity index is 855. The lowest BCUT2D eigenvalue weighted by atomic mass is 10.0. The zero-order valence-corrected chi connectivity index (χ0v) is 15.5. The minimum absolute atomic E-state index is 0.0220. The van der Waals surface area contributed by atoms with E-state index in [0.29, 0.717) is 30.8 Å². The number of nitrogens with one attached hydrogen (secondary N) is 1. The Labute approximate surface area is 152 Å². The molecule has 1 aromatic heterocycles. The number of carbonyl (C=O) groups excluding carboxylic acids is 1. The van der Waals surface area contributed by atoms with E-state index in [9.17, 15) is 14.7 Å². The minimum Gasteiger partial charge on any atom is -0.393 e. The van der Waals surface area contributed by atoms with Gasteiger partial charge in [0.2, 0.25) is 0 Å². The number of aliphatic hydroxyl groups excluding tert-OH is 1. The highest BCUT2D eigenvalue weighted by atomic mass is 16.3. The van der Waals surface area contributed by atoms with Crippen molar-refractivity contribution < 1.29 is 9.90 Å². The van der Waals surface area contributed by atoms with Crippen molar-refractivity contribution in [2.45, 2.75) is 38.2 Å². The van der Waals surface area contributed by atoms with Crippen LogP contribution in [0.25, 0.3) is 0 Å². The maximum Gasteiger partial charge on any atom is 0.345 e. The number of carbonyl (C=O) groups is 1. The largest absolute Gasteiger partial charge is 0.393 e. The molecule has 0 spiro atoms. The number of rotatable bonds is 5. The third kappa shape index (κ3) is 3.44. The summed E-state index contributed by atoms with van der Waals surface area (Å²) >= 11 is 0. The predicted molar refractivity (Wildman–Crippen MR) is 98.1 cm³/mol. The lowest BCUT2D eigenvalue weighted by Crippen LogP contribution is -2.32. The molecule has 1 aliphatic rings. The van der Waals surface area contributed by atoms with Gasteiger partial charge in [0.15, 0.2) is 0 Å². The van der Waals surface area contributed by atoms with E-state index in [1.807, 2.05) is 31.2 Å². The second-order valence-corrected chi connectivity index (χ2v) is 7.04. The summed E-state index contributed by atoms with van der Waals surface area (Å²) in [4.78, 5) is 24.4. The molecule has 7 heteroatoms. The number of hydrogen-bond donors (Lipinski definition) is 2. The van der Waals surface area contributed by atoms with Gasteiger partial charge in [-0.25, -0.2) is 9.48 Å². The van der Waals surface area contributed by atoms with Crippen LogP contribution in [-0.4, -0.2) is 38.0 Å². The van der Waals surface area contributed by atoms with Crippen LogP contribution in [0.5, 0.6) is 0 Å². The monoisotopic (exact) mass is 358 g/mol. The van der Waals surface area contributed by atoms with Crippen LogP contribution in [0.15, 0.2) is 29.1 Å². The summed E-state index contributed by atoms with van der Waals surface area (Å²) in [6.45, 7) is 2.43. The lowest BCUT2D eigenvalue weighted by molar-refractivity contribution is 0.0916. The quantitative estimate of drug-likeness (QED) is 0.833. The molecule has 0 bridgehead atoms. The van der Waals surface area contributed by atoms with Crippen molar-refractivity contribution in [2.75, 3.05) is 6.54 Å². The zero-order valence-electron chi connectivity index (χ0n) is 15.5. The van der Waals surface area contributed by atoms with Gasteiger partial charge in [0.25, 0.3) is 5.91 Å². The first-order valence-electron chi connectivity index (χ1n) is 9.06. The van der Waals surface area contributed by atoms with Crippen LogP contribution in [0.4, 0.5) is 0 Å². The second-order valence-electron chi connectivity index (χ2n) is 7.04. The lowest BCUT2D eigenvalue weighted by Gasteiger charge is -2.16. The Morgan fingerprint density at radius 2 is 2.04 bits per heavy atom. The average Bonchev–Trinajstić information content (AvgIpc) is 3.14. The van der Waals surface area contributed by atoms with Gasteiger partial charge in [-0.15, -0.1) is 0 Å². The summed E-state index contributed by atoms with van der Waals surface area (Å²) in [5.41, 5.74) is 1.53. The van der Waals surface area contributed by atoms with Crippen LogP contribution in [0.2, 0.25) is 0 Å². The van der Waals surface area contributed by atoms with Gasteiger partial charge in [0, 0.05) is 38.0 Å².